The highest BCUT2D eigenvalue weighted by Gasteiger charge is 2.23. The first-order valence-corrected chi connectivity index (χ1v) is 7.07. The van der Waals surface area contributed by atoms with Crippen molar-refractivity contribution < 1.29 is 14.6 Å². The van der Waals surface area contributed by atoms with Gasteiger partial charge in [-0.25, -0.2) is 0 Å². The zero-order valence-electron chi connectivity index (χ0n) is 12.6. The minimum atomic E-state index is -0.129. The first kappa shape index (κ1) is 15.4. The van der Waals surface area contributed by atoms with Gasteiger partial charge in [0.1, 0.15) is 24.2 Å². The molecule has 21 heavy (non-hydrogen) atoms. The molecular weight excluding hydrogens is 264 g/mol. The second-order valence-electron chi connectivity index (χ2n) is 5.67. The van der Waals surface area contributed by atoms with Crippen molar-refractivity contribution in [3.63, 3.8) is 0 Å². The zero-order chi connectivity index (χ0) is 15.3. The van der Waals surface area contributed by atoms with Crippen molar-refractivity contribution in [1.29, 1.82) is 0 Å². The molecule has 112 valence electrons. The molecule has 1 atom stereocenters. The van der Waals surface area contributed by atoms with Gasteiger partial charge in [-0.2, -0.15) is 0 Å². The quantitative estimate of drug-likeness (QED) is 0.472. The molecule has 0 aliphatic carbocycles. The summed E-state index contributed by atoms with van der Waals surface area (Å²) in [6, 6.07) is 7.26. The molecular formula is C18H22O3. The summed E-state index contributed by atoms with van der Waals surface area (Å²) in [5.74, 6) is 1.02. The molecule has 1 aromatic carbocycles. The number of allylic oxidation sites excluding steroid dienone is 4. The predicted octanol–water partition coefficient (Wildman–Crippen LogP) is 3.71. The van der Waals surface area contributed by atoms with Crippen LogP contribution in [-0.2, 0) is 14.9 Å². The van der Waals surface area contributed by atoms with E-state index in [0.717, 1.165) is 17.9 Å². The lowest BCUT2D eigenvalue weighted by Crippen LogP contribution is -2.12. The molecule has 3 nitrogen and oxygen atoms in total. The molecule has 0 bridgehead atoms. The molecule has 1 fully saturated rings. The molecule has 1 saturated heterocycles. The molecule has 1 aliphatic rings. The second-order valence-corrected chi connectivity index (χ2v) is 5.67. The lowest BCUT2D eigenvalue weighted by atomic mass is 9.84. The largest absolute Gasteiger partial charge is 0.508 e. The van der Waals surface area contributed by atoms with E-state index in [2.05, 4.69) is 26.5 Å². The summed E-state index contributed by atoms with van der Waals surface area (Å²) >= 11 is 0. The van der Waals surface area contributed by atoms with Crippen molar-refractivity contribution in [2.24, 2.45) is 0 Å². The van der Waals surface area contributed by atoms with E-state index in [-0.39, 0.29) is 17.3 Å². The molecule has 0 radical (unpaired) electrons. The van der Waals surface area contributed by atoms with Crippen LogP contribution >= 0.6 is 0 Å². The lowest BCUT2D eigenvalue weighted by Gasteiger charge is -2.20. The maximum Gasteiger partial charge on any atom is 0.118 e. The maximum absolute atomic E-state index is 9.35. The molecule has 1 aliphatic heterocycles. The van der Waals surface area contributed by atoms with Gasteiger partial charge in [-0.1, -0.05) is 44.7 Å². The van der Waals surface area contributed by atoms with Gasteiger partial charge in [0.2, 0.25) is 0 Å². The summed E-state index contributed by atoms with van der Waals surface area (Å²) in [5, 5.41) is 9.35. The summed E-state index contributed by atoms with van der Waals surface area (Å²) in [4.78, 5) is 0. The molecule has 0 amide bonds. The van der Waals surface area contributed by atoms with Crippen molar-refractivity contribution >= 4 is 0 Å². The normalized spacial score (nSPS) is 18.8. The molecule has 1 N–H and O–H groups in total. The fourth-order valence-electron chi connectivity index (χ4n) is 1.90. The predicted molar refractivity (Wildman–Crippen MR) is 84.2 cm³/mol. The Morgan fingerprint density at radius 1 is 1.43 bits per heavy atom. The highest BCUT2D eigenvalue weighted by atomic mass is 16.6. The first-order chi connectivity index (χ1) is 10.0. The molecule has 0 aromatic heterocycles. The smallest absolute Gasteiger partial charge is 0.118 e. The number of rotatable bonds is 7. The Bertz CT molecular complexity index is 534. The van der Waals surface area contributed by atoms with E-state index in [4.69, 9.17) is 9.47 Å². The van der Waals surface area contributed by atoms with E-state index in [9.17, 15) is 5.11 Å². The summed E-state index contributed by atoms with van der Waals surface area (Å²) in [7, 11) is 0. The third-order valence-electron chi connectivity index (χ3n) is 3.42. The van der Waals surface area contributed by atoms with Crippen LogP contribution in [0.2, 0.25) is 0 Å². The average Bonchev–Trinajstić information content (AvgIpc) is 3.27. The van der Waals surface area contributed by atoms with Crippen LogP contribution in [-0.4, -0.2) is 24.4 Å². The molecule has 2 rings (SSSR count). The Morgan fingerprint density at radius 2 is 2.10 bits per heavy atom. The number of hydrogen-bond donors (Lipinski definition) is 1. The van der Waals surface area contributed by atoms with Crippen LogP contribution in [0.4, 0.5) is 0 Å². The molecule has 1 unspecified atom stereocenters. The number of epoxide rings is 1. The average molecular weight is 286 g/mol. The molecule has 0 saturated carbocycles. The number of phenols is 1. The Morgan fingerprint density at radius 3 is 2.67 bits per heavy atom. The number of hydrogen-bond acceptors (Lipinski definition) is 3. The topological polar surface area (TPSA) is 42.0 Å². The Hall–Kier alpha value is -2.00. The van der Waals surface area contributed by atoms with Crippen LogP contribution < -0.4 is 0 Å². The third kappa shape index (κ3) is 4.80. The molecule has 1 aromatic rings. The fourth-order valence-corrected chi connectivity index (χ4v) is 1.90. The van der Waals surface area contributed by atoms with Crippen LogP contribution in [0.1, 0.15) is 19.4 Å². The minimum absolute atomic E-state index is 0.129. The van der Waals surface area contributed by atoms with Crippen LogP contribution in [0.3, 0.4) is 0 Å². The van der Waals surface area contributed by atoms with Crippen LogP contribution in [0, 0.1) is 0 Å². The van der Waals surface area contributed by atoms with Crippen molar-refractivity contribution in [3.8, 4) is 5.75 Å². The summed E-state index contributed by atoms with van der Waals surface area (Å²) < 4.78 is 10.7. The van der Waals surface area contributed by atoms with Gasteiger partial charge >= 0.3 is 0 Å². The van der Waals surface area contributed by atoms with Crippen LogP contribution in [0.15, 0.2) is 60.9 Å². The van der Waals surface area contributed by atoms with Crippen molar-refractivity contribution in [1.82, 2.24) is 0 Å². The van der Waals surface area contributed by atoms with Crippen LogP contribution in [0.5, 0.6) is 5.75 Å². The minimum Gasteiger partial charge on any atom is -0.508 e. The first-order valence-electron chi connectivity index (χ1n) is 7.07. The maximum atomic E-state index is 9.35. The third-order valence-corrected chi connectivity index (χ3v) is 3.42. The van der Waals surface area contributed by atoms with Crippen molar-refractivity contribution in [2.45, 2.75) is 25.4 Å². The molecule has 3 heteroatoms. The van der Waals surface area contributed by atoms with Gasteiger partial charge < -0.3 is 14.6 Å². The Balaban J connectivity index is 1.99. The van der Waals surface area contributed by atoms with E-state index in [1.165, 1.54) is 0 Å². The molecule has 0 spiro atoms. The lowest BCUT2D eigenvalue weighted by molar-refractivity contribution is 0.193. The van der Waals surface area contributed by atoms with Gasteiger partial charge in [-0.05, 0) is 29.8 Å². The summed E-state index contributed by atoms with van der Waals surface area (Å²) in [6.45, 7) is 9.35. The van der Waals surface area contributed by atoms with E-state index in [1.807, 2.05) is 24.3 Å². The number of ether oxygens (including phenoxy) is 2. The molecule has 1 heterocycles. The number of benzene rings is 1. The van der Waals surface area contributed by atoms with Gasteiger partial charge in [0.25, 0.3) is 0 Å². The van der Waals surface area contributed by atoms with E-state index < -0.39 is 0 Å². The summed E-state index contributed by atoms with van der Waals surface area (Å²) in [6.07, 6.45) is 7.90. The van der Waals surface area contributed by atoms with Gasteiger partial charge in [0, 0.05) is 5.41 Å². The monoisotopic (exact) mass is 286 g/mol. The SMILES string of the molecule is C=C/C(=C\C=C\C(C)(C)c1ccc(O)cc1)OCC1CO1. The standard InChI is InChI=1S/C18H22O3/c1-4-16(20-12-17-13-21-17)6-5-11-18(2,3)14-7-9-15(19)10-8-14/h4-11,17,19H,1,12-13H2,2-3H3/b11-5+,16-6+. The van der Waals surface area contributed by atoms with Crippen molar-refractivity contribution in [2.75, 3.05) is 13.2 Å². The van der Waals surface area contributed by atoms with Crippen molar-refractivity contribution in [3.05, 3.63) is 66.5 Å². The van der Waals surface area contributed by atoms with E-state index in [1.54, 1.807) is 18.2 Å². The number of phenolic OH excluding ortho intramolecular Hbond substituents is 1. The van der Waals surface area contributed by atoms with Gasteiger partial charge in [0.15, 0.2) is 0 Å². The highest BCUT2D eigenvalue weighted by molar-refractivity contribution is 5.34. The van der Waals surface area contributed by atoms with Crippen LogP contribution in [0.25, 0.3) is 0 Å². The number of aromatic hydroxyl groups is 1. The van der Waals surface area contributed by atoms with E-state index >= 15 is 0 Å². The fraction of sp³-hybridized carbons (Fsp3) is 0.333. The van der Waals surface area contributed by atoms with E-state index in [0.29, 0.717) is 6.61 Å². The van der Waals surface area contributed by atoms with Gasteiger partial charge in [-0.3, -0.25) is 0 Å². The Labute approximate surface area is 126 Å². The second kappa shape index (κ2) is 6.64. The van der Waals surface area contributed by atoms with Gasteiger partial charge in [-0.15, -0.1) is 0 Å². The van der Waals surface area contributed by atoms with Gasteiger partial charge in [0.05, 0.1) is 6.61 Å². The Kier molecular flexibility index (Phi) is 4.86. The summed E-state index contributed by atoms with van der Waals surface area (Å²) in [5.41, 5.74) is 1.01. The zero-order valence-corrected chi connectivity index (χ0v) is 12.6. The highest BCUT2D eigenvalue weighted by Crippen LogP contribution is 2.26.